The number of carbonyl (C=O) groups is 1. The van der Waals surface area contributed by atoms with Gasteiger partial charge < -0.3 is 15.1 Å². The normalized spacial score (nSPS) is 15.4. The van der Waals surface area contributed by atoms with Gasteiger partial charge in [-0.25, -0.2) is 13.1 Å². The van der Waals surface area contributed by atoms with Crippen molar-refractivity contribution in [1.82, 2.24) is 9.62 Å². The highest BCUT2D eigenvalue weighted by molar-refractivity contribution is 7.89. The minimum Gasteiger partial charge on any atom is -0.369 e. The molecule has 9 heteroatoms. The summed E-state index contributed by atoms with van der Waals surface area (Å²) in [5.41, 5.74) is 1.82. The third-order valence-electron chi connectivity index (χ3n) is 4.88. The topological polar surface area (TPSA) is 81.7 Å². The molecule has 0 atom stereocenters. The average molecular weight is 451 g/mol. The van der Waals surface area contributed by atoms with Gasteiger partial charge in [0.2, 0.25) is 10.0 Å². The number of carbonyl (C=O) groups excluding carboxylic acids is 1. The molecule has 1 amide bonds. The van der Waals surface area contributed by atoms with Crippen LogP contribution in [0.1, 0.15) is 24.2 Å². The Balaban J connectivity index is 1.73. The Bertz CT molecular complexity index is 1000. The van der Waals surface area contributed by atoms with Crippen LogP contribution < -0.4 is 14.9 Å². The van der Waals surface area contributed by atoms with Crippen LogP contribution in [0.2, 0.25) is 5.02 Å². The third kappa shape index (κ3) is 5.51. The largest absolute Gasteiger partial charge is 0.369 e. The van der Waals surface area contributed by atoms with E-state index in [1.54, 1.807) is 13.8 Å². The molecule has 1 fully saturated rings. The second-order valence-electron chi connectivity index (χ2n) is 7.71. The van der Waals surface area contributed by atoms with Gasteiger partial charge in [-0.15, -0.1) is 0 Å². The smallest absolute Gasteiger partial charge is 0.257 e. The van der Waals surface area contributed by atoms with Crippen LogP contribution >= 0.6 is 11.6 Å². The van der Waals surface area contributed by atoms with Crippen molar-refractivity contribution in [3.05, 3.63) is 53.1 Å². The third-order valence-corrected chi connectivity index (χ3v) is 6.86. The monoisotopic (exact) mass is 450 g/mol. The Morgan fingerprint density at radius 1 is 1.03 bits per heavy atom. The minimum atomic E-state index is -3.72. The lowest BCUT2D eigenvalue weighted by Gasteiger charge is -2.34. The fourth-order valence-corrected chi connectivity index (χ4v) is 4.72. The van der Waals surface area contributed by atoms with Crippen molar-refractivity contribution in [2.24, 2.45) is 0 Å². The molecule has 0 aliphatic carbocycles. The number of likely N-dealkylation sites (N-methyl/N-ethyl adjacent to an activating group) is 1. The number of anilines is 2. The number of amides is 1. The van der Waals surface area contributed by atoms with Crippen LogP contribution in [0, 0.1) is 0 Å². The van der Waals surface area contributed by atoms with Crippen LogP contribution in [0.5, 0.6) is 0 Å². The van der Waals surface area contributed by atoms with Gasteiger partial charge in [-0.1, -0.05) is 11.6 Å². The Hall–Kier alpha value is -2.13. The lowest BCUT2D eigenvalue weighted by atomic mass is 10.2. The summed E-state index contributed by atoms with van der Waals surface area (Å²) < 4.78 is 27.3. The van der Waals surface area contributed by atoms with Gasteiger partial charge in [0.1, 0.15) is 0 Å². The van der Waals surface area contributed by atoms with Crippen LogP contribution in [-0.2, 0) is 10.0 Å². The molecule has 1 aliphatic rings. The number of benzene rings is 2. The summed E-state index contributed by atoms with van der Waals surface area (Å²) in [6.07, 6.45) is 0. The highest BCUT2D eigenvalue weighted by Gasteiger charge is 2.20. The van der Waals surface area contributed by atoms with Gasteiger partial charge in [0, 0.05) is 43.6 Å². The maximum absolute atomic E-state index is 12.7. The molecule has 0 aromatic heterocycles. The first-order valence-electron chi connectivity index (χ1n) is 9.82. The van der Waals surface area contributed by atoms with Crippen molar-refractivity contribution >= 4 is 38.9 Å². The van der Waals surface area contributed by atoms with Gasteiger partial charge in [-0.05, 0) is 63.4 Å². The van der Waals surface area contributed by atoms with Crippen LogP contribution in [0.3, 0.4) is 0 Å². The molecule has 2 aromatic rings. The first-order chi connectivity index (χ1) is 14.2. The maximum Gasteiger partial charge on any atom is 0.257 e. The van der Waals surface area contributed by atoms with Crippen molar-refractivity contribution in [3.8, 4) is 0 Å². The molecule has 0 saturated carbocycles. The number of nitrogens with zero attached hydrogens (tertiary/aromatic N) is 2. The van der Waals surface area contributed by atoms with Crippen LogP contribution in [0.25, 0.3) is 0 Å². The highest BCUT2D eigenvalue weighted by atomic mass is 35.5. The second kappa shape index (κ2) is 9.34. The lowest BCUT2D eigenvalue weighted by Crippen LogP contribution is -2.44. The molecule has 30 heavy (non-hydrogen) atoms. The van der Waals surface area contributed by atoms with Crippen LogP contribution in [0.15, 0.2) is 47.4 Å². The van der Waals surface area contributed by atoms with Crippen molar-refractivity contribution in [2.45, 2.75) is 24.8 Å². The molecule has 3 rings (SSSR count). The minimum absolute atomic E-state index is 0.00355. The van der Waals surface area contributed by atoms with Crippen molar-refractivity contribution < 1.29 is 13.2 Å². The zero-order valence-corrected chi connectivity index (χ0v) is 18.9. The first kappa shape index (κ1) is 22.6. The Morgan fingerprint density at radius 3 is 2.27 bits per heavy atom. The summed E-state index contributed by atoms with van der Waals surface area (Å²) in [7, 11) is -1.61. The van der Waals surface area contributed by atoms with E-state index in [0.29, 0.717) is 5.69 Å². The molecule has 162 valence electrons. The number of hydrogen-bond acceptors (Lipinski definition) is 5. The molecule has 1 heterocycles. The van der Waals surface area contributed by atoms with E-state index in [2.05, 4.69) is 26.9 Å². The fraction of sp³-hybridized carbons (Fsp3) is 0.381. The SMILES string of the molecule is CC(C)NS(=O)(=O)c1ccc(Cl)c(C(=O)Nc2ccc(N3CCN(C)CC3)cc2)c1. The van der Waals surface area contributed by atoms with Crippen molar-refractivity contribution in [3.63, 3.8) is 0 Å². The Kier molecular flexibility index (Phi) is 7.02. The summed E-state index contributed by atoms with van der Waals surface area (Å²) in [5, 5.41) is 2.98. The Labute approximate surface area is 183 Å². The standard InChI is InChI=1S/C21H27ClN4O3S/c1-15(2)24-30(28,29)18-8-9-20(22)19(14-18)21(27)23-16-4-6-17(7-5-16)26-12-10-25(3)11-13-26/h4-9,14-15,24H,10-13H2,1-3H3,(H,23,27). The summed E-state index contributed by atoms with van der Waals surface area (Å²) in [5.74, 6) is -0.464. The number of sulfonamides is 1. The fourth-order valence-electron chi connectivity index (χ4n) is 3.24. The lowest BCUT2D eigenvalue weighted by molar-refractivity contribution is 0.102. The van der Waals surface area contributed by atoms with Gasteiger partial charge in [-0.2, -0.15) is 0 Å². The van der Waals surface area contributed by atoms with E-state index in [1.165, 1.54) is 18.2 Å². The summed E-state index contributed by atoms with van der Waals surface area (Å²) in [4.78, 5) is 17.3. The zero-order chi connectivity index (χ0) is 21.9. The first-order valence-corrected chi connectivity index (χ1v) is 11.7. The van der Waals surface area contributed by atoms with E-state index >= 15 is 0 Å². The molecular weight excluding hydrogens is 424 g/mol. The molecule has 1 aliphatic heterocycles. The predicted molar refractivity (Wildman–Crippen MR) is 121 cm³/mol. The quantitative estimate of drug-likeness (QED) is 0.707. The maximum atomic E-state index is 12.7. The number of piperazine rings is 1. The molecule has 0 radical (unpaired) electrons. The van der Waals surface area contributed by atoms with Crippen molar-refractivity contribution in [1.29, 1.82) is 0 Å². The summed E-state index contributed by atoms with van der Waals surface area (Å²) >= 11 is 6.16. The van der Waals surface area contributed by atoms with Gasteiger partial charge in [0.15, 0.2) is 0 Å². The number of halogens is 1. The number of rotatable bonds is 6. The van der Waals surface area contributed by atoms with E-state index in [-0.39, 0.29) is 21.5 Å². The molecule has 0 spiro atoms. The molecule has 2 aromatic carbocycles. The van der Waals surface area contributed by atoms with Gasteiger partial charge in [-0.3, -0.25) is 4.79 Å². The van der Waals surface area contributed by atoms with Crippen LogP contribution in [-0.4, -0.2) is 58.5 Å². The molecular formula is C21H27ClN4O3S. The van der Waals surface area contributed by atoms with E-state index in [4.69, 9.17) is 11.6 Å². The molecule has 7 nitrogen and oxygen atoms in total. The van der Waals surface area contributed by atoms with Gasteiger partial charge in [0.25, 0.3) is 5.91 Å². The van der Waals surface area contributed by atoms with Crippen molar-refractivity contribution in [2.75, 3.05) is 43.4 Å². The summed E-state index contributed by atoms with van der Waals surface area (Å²) in [6.45, 7) is 7.41. The van der Waals surface area contributed by atoms with Crippen LogP contribution in [0.4, 0.5) is 11.4 Å². The van der Waals surface area contributed by atoms with E-state index in [1.807, 2.05) is 24.3 Å². The second-order valence-corrected chi connectivity index (χ2v) is 9.83. The molecule has 0 bridgehead atoms. The van der Waals surface area contributed by atoms with E-state index < -0.39 is 15.9 Å². The predicted octanol–water partition coefficient (Wildman–Crippen LogP) is 3.03. The highest BCUT2D eigenvalue weighted by Crippen LogP contribution is 2.24. The zero-order valence-electron chi connectivity index (χ0n) is 17.4. The average Bonchev–Trinajstić information content (AvgIpc) is 2.68. The Morgan fingerprint density at radius 2 is 1.67 bits per heavy atom. The van der Waals surface area contributed by atoms with E-state index in [0.717, 1.165) is 31.9 Å². The van der Waals surface area contributed by atoms with Gasteiger partial charge in [0.05, 0.1) is 15.5 Å². The molecule has 0 unspecified atom stereocenters. The van der Waals surface area contributed by atoms with E-state index in [9.17, 15) is 13.2 Å². The van der Waals surface area contributed by atoms with Gasteiger partial charge >= 0.3 is 0 Å². The number of nitrogens with one attached hydrogen (secondary N) is 2. The molecule has 1 saturated heterocycles. The molecule has 2 N–H and O–H groups in total. The number of hydrogen-bond donors (Lipinski definition) is 2. The summed E-state index contributed by atoms with van der Waals surface area (Å²) in [6, 6.07) is 11.4.